The predicted molar refractivity (Wildman–Crippen MR) is 78.4 cm³/mol. The number of aliphatic hydroxyl groups is 1. The van der Waals surface area contributed by atoms with Gasteiger partial charge in [-0.2, -0.15) is 0 Å². The summed E-state index contributed by atoms with van der Waals surface area (Å²) in [6.07, 6.45) is 6.70. The molecule has 2 aliphatic heterocycles. The number of aliphatic hydroxyl groups excluding tert-OH is 1. The summed E-state index contributed by atoms with van der Waals surface area (Å²) >= 11 is 3.41. The van der Waals surface area contributed by atoms with Crippen molar-refractivity contribution in [3.8, 4) is 0 Å². The minimum atomic E-state index is -0.469. The van der Waals surface area contributed by atoms with Gasteiger partial charge >= 0.3 is 0 Å². The van der Waals surface area contributed by atoms with E-state index >= 15 is 0 Å². The topological polar surface area (TPSA) is 51.6 Å². The summed E-state index contributed by atoms with van der Waals surface area (Å²) in [5.74, 6) is 0.234. The van der Waals surface area contributed by atoms with Crippen molar-refractivity contribution in [1.29, 1.82) is 0 Å². The van der Waals surface area contributed by atoms with E-state index in [1.54, 1.807) is 12.4 Å². The van der Waals surface area contributed by atoms with Gasteiger partial charge in [0.25, 0.3) is 0 Å². The van der Waals surface area contributed by atoms with Gasteiger partial charge in [-0.3, -0.25) is 4.98 Å². The van der Waals surface area contributed by atoms with E-state index in [9.17, 15) is 5.11 Å². The second kappa shape index (κ2) is 6.10. The number of hydrogen-bond acceptors (Lipinski definition) is 4. The average Bonchev–Trinajstić information content (AvgIpc) is 2.47. The third-order valence-corrected chi connectivity index (χ3v) is 4.88. The van der Waals surface area contributed by atoms with Crippen LogP contribution in [0.3, 0.4) is 0 Å². The van der Waals surface area contributed by atoms with Crippen molar-refractivity contribution < 1.29 is 14.6 Å². The molecule has 1 spiro atoms. The highest BCUT2D eigenvalue weighted by molar-refractivity contribution is 9.10. The van der Waals surface area contributed by atoms with Crippen LogP contribution in [-0.2, 0) is 9.47 Å². The third-order valence-electron chi connectivity index (χ3n) is 4.45. The van der Waals surface area contributed by atoms with Gasteiger partial charge in [-0.15, -0.1) is 0 Å². The van der Waals surface area contributed by atoms with Gasteiger partial charge in [-0.25, -0.2) is 0 Å². The molecule has 3 rings (SSSR count). The number of hydrogen-bond donors (Lipinski definition) is 1. The van der Waals surface area contributed by atoms with Gasteiger partial charge in [0.2, 0.25) is 0 Å². The first-order chi connectivity index (χ1) is 9.69. The Morgan fingerprint density at radius 1 is 1.30 bits per heavy atom. The Hall–Kier alpha value is -0.490. The molecule has 110 valence electrons. The van der Waals surface area contributed by atoms with Gasteiger partial charge in [-0.05, 0) is 53.6 Å². The smallest absolute Gasteiger partial charge is 0.0835 e. The van der Waals surface area contributed by atoms with Crippen molar-refractivity contribution in [2.75, 3.05) is 19.8 Å². The maximum absolute atomic E-state index is 10.6. The lowest BCUT2D eigenvalue weighted by Gasteiger charge is -2.44. The highest BCUT2D eigenvalue weighted by Crippen LogP contribution is 2.41. The zero-order chi connectivity index (χ0) is 14.0. The summed E-state index contributed by atoms with van der Waals surface area (Å²) < 4.78 is 12.4. The van der Waals surface area contributed by atoms with Crippen LogP contribution >= 0.6 is 15.9 Å². The lowest BCUT2D eigenvalue weighted by atomic mass is 9.77. The van der Waals surface area contributed by atoms with E-state index < -0.39 is 6.10 Å². The molecule has 2 fully saturated rings. The van der Waals surface area contributed by atoms with Gasteiger partial charge in [0.1, 0.15) is 0 Å². The molecule has 0 aromatic carbocycles. The number of aromatic nitrogens is 1. The zero-order valence-electron chi connectivity index (χ0n) is 11.4. The van der Waals surface area contributed by atoms with Crippen LogP contribution in [0.1, 0.15) is 37.4 Å². The fraction of sp³-hybridized carbons (Fsp3) is 0.667. The van der Waals surface area contributed by atoms with Crippen molar-refractivity contribution in [2.24, 2.45) is 5.92 Å². The maximum atomic E-state index is 10.6. The maximum Gasteiger partial charge on any atom is 0.0835 e. The quantitative estimate of drug-likeness (QED) is 0.898. The monoisotopic (exact) mass is 341 g/mol. The molecule has 0 bridgehead atoms. The molecule has 20 heavy (non-hydrogen) atoms. The second-order valence-corrected chi connectivity index (χ2v) is 6.69. The van der Waals surface area contributed by atoms with Gasteiger partial charge in [0.15, 0.2) is 0 Å². The highest BCUT2D eigenvalue weighted by Gasteiger charge is 2.41. The molecule has 4 nitrogen and oxygen atoms in total. The molecule has 0 saturated carbocycles. The summed E-state index contributed by atoms with van der Waals surface area (Å²) in [7, 11) is 0. The molecule has 1 N–H and O–H groups in total. The van der Waals surface area contributed by atoms with Crippen LogP contribution in [0.2, 0.25) is 0 Å². The van der Waals surface area contributed by atoms with Crippen LogP contribution in [0, 0.1) is 5.92 Å². The lowest BCUT2D eigenvalue weighted by molar-refractivity contribution is -0.159. The first-order valence-corrected chi connectivity index (χ1v) is 7.98. The molecule has 2 saturated heterocycles. The Balaban J connectivity index is 1.73. The second-order valence-electron chi connectivity index (χ2n) is 5.78. The normalized spacial score (nSPS) is 27.4. The van der Waals surface area contributed by atoms with E-state index in [1.165, 1.54) is 0 Å². The first-order valence-electron chi connectivity index (χ1n) is 7.19. The summed E-state index contributed by atoms with van der Waals surface area (Å²) in [5, 5.41) is 10.6. The van der Waals surface area contributed by atoms with E-state index in [-0.39, 0.29) is 11.5 Å². The molecule has 2 unspecified atom stereocenters. The van der Waals surface area contributed by atoms with Crippen molar-refractivity contribution in [3.05, 3.63) is 28.5 Å². The predicted octanol–water partition coefficient (Wildman–Crippen LogP) is 2.85. The van der Waals surface area contributed by atoms with Gasteiger partial charge in [0, 0.05) is 42.3 Å². The number of pyridine rings is 1. The van der Waals surface area contributed by atoms with Gasteiger partial charge in [-0.1, -0.05) is 0 Å². The third kappa shape index (κ3) is 3.06. The molecule has 1 aromatic heterocycles. The Kier molecular flexibility index (Phi) is 4.40. The molecule has 2 aliphatic rings. The van der Waals surface area contributed by atoms with Crippen LogP contribution < -0.4 is 0 Å². The number of ether oxygens (including phenoxy) is 2. The Labute approximate surface area is 127 Å². The van der Waals surface area contributed by atoms with E-state index in [2.05, 4.69) is 20.9 Å². The molecule has 5 heteroatoms. The lowest BCUT2D eigenvalue weighted by Crippen LogP contribution is -2.45. The van der Waals surface area contributed by atoms with Gasteiger partial charge < -0.3 is 14.6 Å². The Bertz CT molecular complexity index is 457. The summed E-state index contributed by atoms with van der Waals surface area (Å²) in [5.41, 5.74) is 0.801. The molecule has 1 aromatic rings. The largest absolute Gasteiger partial charge is 0.388 e. The van der Waals surface area contributed by atoms with Crippen LogP contribution in [0.15, 0.2) is 22.9 Å². The summed E-state index contributed by atoms with van der Waals surface area (Å²) in [6.45, 7) is 2.26. The fourth-order valence-electron chi connectivity index (χ4n) is 3.29. The molecule has 0 aliphatic carbocycles. The number of rotatable bonds is 2. The molecule has 2 atom stereocenters. The van der Waals surface area contributed by atoms with Crippen molar-refractivity contribution in [3.63, 3.8) is 0 Å². The Morgan fingerprint density at radius 2 is 2.10 bits per heavy atom. The summed E-state index contributed by atoms with van der Waals surface area (Å²) in [4.78, 5) is 4.15. The van der Waals surface area contributed by atoms with Gasteiger partial charge in [0.05, 0.1) is 11.7 Å². The standard InChI is InChI=1S/C15H20BrNO3/c16-13-7-12(9-17-10-13)14(18)11-1-4-20-15(8-11)2-5-19-6-3-15/h7,9-11,14,18H,1-6,8H2. The summed E-state index contributed by atoms with van der Waals surface area (Å²) in [6, 6.07) is 1.95. The molecular formula is C15H20BrNO3. The minimum Gasteiger partial charge on any atom is -0.388 e. The van der Waals surface area contributed by atoms with E-state index in [0.29, 0.717) is 0 Å². The van der Waals surface area contributed by atoms with Crippen LogP contribution in [0.4, 0.5) is 0 Å². The van der Waals surface area contributed by atoms with Crippen LogP contribution in [0.25, 0.3) is 0 Å². The molecule has 3 heterocycles. The van der Waals surface area contributed by atoms with Crippen molar-refractivity contribution >= 4 is 15.9 Å². The number of nitrogens with zero attached hydrogens (tertiary/aromatic N) is 1. The molecular weight excluding hydrogens is 322 g/mol. The zero-order valence-corrected chi connectivity index (χ0v) is 13.0. The Morgan fingerprint density at radius 3 is 2.85 bits per heavy atom. The minimum absolute atomic E-state index is 0.0818. The van der Waals surface area contributed by atoms with Crippen LogP contribution in [-0.4, -0.2) is 35.5 Å². The number of halogens is 1. The highest BCUT2D eigenvalue weighted by atomic mass is 79.9. The molecule has 0 amide bonds. The first kappa shape index (κ1) is 14.4. The molecule has 0 radical (unpaired) electrons. The SMILES string of the molecule is OC(c1cncc(Br)c1)C1CCOC2(CCOCC2)C1. The van der Waals surface area contributed by atoms with Crippen molar-refractivity contribution in [2.45, 2.75) is 37.4 Å². The van der Waals surface area contributed by atoms with Crippen LogP contribution in [0.5, 0.6) is 0 Å². The fourth-order valence-corrected chi connectivity index (χ4v) is 3.67. The van der Waals surface area contributed by atoms with E-state index in [0.717, 1.165) is 55.5 Å². The van der Waals surface area contributed by atoms with Crippen molar-refractivity contribution in [1.82, 2.24) is 4.98 Å². The van der Waals surface area contributed by atoms with E-state index in [1.807, 2.05) is 6.07 Å². The van der Waals surface area contributed by atoms with E-state index in [4.69, 9.17) is 9.47 Å². The average molecular weight is 342 g/mol.